The number of aryl methyl sites for hydroxylation is 1. The summed E-state index contributed by atoms with van der Waals surface area (Å²) in [5, 5.41) is 10.5. The molecular formula is C14H26N4O. The molecule has 1 rings (SSSR count). The van der Waals surface area contributed by atoms with Crippen LogP contribution in [0.4, 0.5) is 0 Å². The molecule has 0 aromatic carbocycles. The van der Waals surface area contributed by atoms with Crippen LogP contribution in [0.5, 0.6) is 0 Å². The van der Waals surface area contributed by atoms with Gasteiger partial charge < -0.3 is 10.6 Å². The van der Waals surface area contributed by atoms with E-state index in [1.165, 1.54) is 12.8 Å². The summed E-state index contributed by atoms with van der Waals surface area (Å²) in [6.07, 6.45) is 6.17. The largest absolute Gasteiger partial charge is 0.355 e. The number of hydrogen-bond acceptors (Lipinski definition) is 3. The lowest BCUT2D eigenvalue weighted by Gasteiger charge is -2.13. The Balaban J connectivity index is 2.12. The van der Waals surface area contributed by atoms with Gasteiger partial charge in [0.1, 0.15) is 0 Å². The first-order valence-corrected chi connectivity index (χ1v) is 7.13. The number of carbonyl (C=O) groups is 1. The third kappa shape index (κ3) is 6.38. The number of nitrogens with one attached hydrogen (secondary N) is 2. The van der Waals surface area contributed by atoms with Gasteiger partial charge in [-0.05, 0) is 19.4 Å². The molecule has 1 aromatic rings. The molecule has 108 valence electrons. The molecule has 5 heteroatoms. The molecule has 0 radical (unpaired) electrons. The third-order valence-corrected chi connectivity index (χ3v) is 3.07. The molecule has 0 saturated carbocycles. The molecule has 1 heterocycles. The minimum absolute atomic E-state index is 0.0807. The number of carbonyl (C=O) groups excluding carboxylic acids is 1. The summed E-state index contributed by atoms with van der Waals surface area (Å²) in [5.74, 6) is 0.0807. The smallest absolute Gasteiger partial charge is 0.236 e. The first kappa shape index (κ1) is 15.7. The van der Waals surface area contributed by atoms with Crippen molar-refractivity contribution >= 4 is 5.91 Å². The normalized spacial score (nSPS) is 12.4. The maximum Gasteiger partial charge on any atom is 0.236 e. The van der Waals surface area contributed by atoms with Crippen molar-refractivity contribution < 1.29 is 4.79 Å². The highest BCUT2D eigenvalue weighted by molar-refractivity contribution is 5.81. The molecule has 0 spiro atoms. The lowest BCUT2D eigenvalue weighted by atomic mass is 10.2. The molecule has 0 aliphatic carbocycles. The minimum atomic E-state index is -0.148. The highest BCUT2D eigenvalue weighted by Crippen LogP contribution is 1.95. The van der Waals surface area contributed by atoms with Crippen molar-refractivity contribution in [1.82, 2.24) is 20.4 Å². The summed E-state index contributed by atoms with van der Waals surface area (Å²) < 4.78 is 1.79. The molecule has 19 heavy (non-hydrogen) atoms. The van der Waals surface area contributed by atoms with E-state index in [2.05, 4.69) is 22.7 Å². The van der Waals surface area contributed by atoms with Gasteiger partial charge in [-0.1, -0.05) is 19.8 Å². The average molecular weight is 266 g/mol. The van der Waals surface area contributed by atoms with Crippen molar-refractivity contribution in [3.8, 4) is 0 Å². The average Bonchev–Trinajstić information content (AvgIpc) is 2.80. The molecule has 1 atom stereocenters. The van der Waals surface area contributed by atoms with Crippen molar-refractivity contribution in [2.24, 2.45) is 7.05 Å². The van der Waals surface area contributed by atoms with Crippen LogP contribution in [0.1, 0.15) is 38.8 Å². The summed E-state index contributed by atoms with van der Waals surface area (Å²) in [5.41, 5.74) is 1.05. The van der Waals surface area contributed by atoms with E-state index < -0.39 is 0 Å². The Kier molecular flexibility index (Phi) is 7.18. The molecule has 2 N–H and O–H groups in total. The van der Waals surface area contributed by atoms with E-state index >= 15 is 0 Å². The van der Waals surface area contributed by atoms with Crippen LogP contribution in [0, 0.1) is 0 Å². The monoisotopic (exact) mass is 266 g/mol. The van der Waals surface area contributed by atoms with Gasteiger partial charge in [0.2, 0.25) is 5.91 Å². The van der Waals surface area contributed by atoms with Crippen LogP contribution < -0.4 is 10.6 Å². The zero-order valence-corrected chi connectivity index (χ0v) is 12.3. The minimum Gasteiger partial charge on any atom is -0.355 e. The SMILES string of the molecule is CCCCCNC(=O)C(C)NCCc1ccn(C)n1. The highest BCUT2D eigenvalue weighted by atomic mass is 16.2. The summed E-state index contributed by atoms with van der Waals surface area (Å²) in [6, 6.07) is 1.85. The molecule has 0 saturated heterocycles. The Hall–Kier alpha value is -1.36. The fraction of sp³-hybridized carbons (Fsp3) is 0.714. The number of nitrogens with zero attached hydrogens (tertiary/aromatic N) is 2. The fourth-order valence-corrected chi connectivity index (χ4v) is 1.85. The first-order chi connectivity index (χ1) is 9.13. The molecule has 0 aliphatic rings. The zero-order chi connectivity index (χ0) is 14.1. The van der Waals surface area contributed by atoms with Crippen molar-refractivity contribution in [3.05, 3.63) is 18.0 Å². The number of rotatable bonds is 9. The standard InChI is InChI=1S/C14H26N4O/c1-4-5-6-9-16-14(19)12(2)15-10-7-13-8-11-18(3)17-13/h8,11-12,15H,4-7,9-10H2,1-3H3,(H,16,19). The molecule has 1 aromatic heterocycles. The van der Waals surface area contributed by atoms with Crippen LogP contribution in [-0.2, 0) is 18.3 Å². The van der Waals surface area contributed by atoms with Crippen molar-refractivity contribution in [1.29, 1.82) is 0 Å². The molecule has 5 nitrogen and oxygen atoms in total. The van der Waals surface area contributed by atoms with Crippen molar-refractivity contribution in [2.75, 3.05) is 13.1 Å². The summed E-state index contributed by atoms with van der Waals surface area (Å²) >= 11 is 0. The highest BCUT2D eigenvalue weighted by Gasteiger charge is 2.10. The fourth-order valence-electron chi connectivity index (χ4n) is 1.85. The Morgan fingerprint density at radius 3 is 2.84 bits per heavy atom. The van der Waals surface area contributed by atoms with Crippen LogP contribution in [0.15, 0.2) is 12.3 Å². The van der Waals surface area contributed by atoms with Crippen molar-refractivity contribution in [2.45, 2.75) is 45.6 Å². The Morgan fingerprint density at radius 2 is 2.21 bits per heavy atom. The lowest BCUT2D eigenvalue weighted by molar-refractivity contribution is -0.122. The molecule has 0 aliphatic heterocycles. The first-order valence-electron chi connectivity index (χ1n) is 7.13. The van der Waals surface area contributed by atoms with E-state index in [9.17, 15) is 4.79 Å². The van der Waals surface area contributed by atoms with Gasteiger partial charge in [0, 0.05) is 32.8 Å². The molecule has 1 unspecified atom stereocenters. The third-order valence-electron chi connectivity index (χ3n) is 3.07. The van der Waals surface area contributed by atoms with Gasteiger partial charge in [-0.3, -0.25) is 9.48 Å². The van der Waals surface area contributed by atoms with Crippen LogP contribution in [0.3, 0.4) is 0 Å². The second-order valence-electron chi connectivity index (χ2n) is 4.90. The molecule has 0 fully saturated rings. The van der Waals surface area contributed by atoms with Gasteiger partial charge in [0.25, 0.3) is 0 Å². The van der Waals surface area contributed by atoms with Crippen molar-refractivity contribution in [3.63, 3.8) is 0 Å². The van der Waals surface area contributed by atoms with Crippen LogP contribution in [0.25, 0.3) is 0 Å². The Bertz CT molecular complexity index is 375. The van der Waals surface area contributed by atoms with E-state index in [1.807, 2.05) is 26.2 Å². The summed E-state index contributed by atoms with van der Waals surface area (Å²) in [4.78, 5) is 11.8. The predicted octanol–water partition coefficient (Wildman–Crippen LogP) is 1.25. The molecular weight excluding hydrogens is 240 g/mol. The van der Waals surface area contributed by atoms with E-state index in [0.717, 1.165) is 31.6 Å². The number of unbranched alkanes of at least 4 members (excludes halogenated alkanes) is 2. The van der Waals surface area contributed by atoms with Gasteiger partial charge in [0.15, 0.2) is 0 Å². The quantitative estimate of drug-likeness (QED) is 0.661. The van der Waals surface area contributed by atoms with Crippen LogP contribution in [-0.4, -0.2) is 34.8 Å². The zero-order valence-electron chi connectivity index (χ0n) is 12.3. The lowest BCUT2D eigenvalue weighted by Crippen LogP contribution is -2.43. The second-order valence-corrected chi connectivity index (χ2v) is 4.90. The summed E-state index contributed by atoms with van der Waals surface area (Å²) in [6.45, 7) is 5.59. The van der Waals surface area contributed by atoms with Crippen LogP contribution in [0.2, 0.25) is 0 Å². The number of hydrogen-bond donors (Lipinski definition) is 2. The Labute approximate surface area is 115 Å². The maximum absolute atomic E-state index is 11.8. The van der Waals surface area contributed by atoms with Gasteiger partial charge in [0.05, 0.1) is 11.7 Å². The number of amides is 1. The molecule has 1 amide bonds. The summed E-state index contributed by atoms with van der Waals surface area (Å²) in [7, 11) is 1.91. The van der Waals surface area contributed by atoms with E-state index in [1.54, 1.807) is 4.68 Å². The van der Waals surface area contributed by atoms with Gasteiger partial charge in [-0.2, -0.15) is 5.10 Å². The van der Waals surface area contributed by atoms with E-state index in [-0.39, 0.29) is 11.9 Å². The molecule has 0 bridgehead atoms. The topological polar surface area (TPSA) is 59.0 Å². The van der Waals surface area contributed by atoms with Crippen LogP contribution >= 0.6 is 0 Å². The van der Waals surface area contributed by atoms with Gasteiger partial charge in [-0.25, -0.2) is 0 Å². The van der Waals surface area contributed by atoms with Gasteiger partial charge in [-0.15, -0.1) is 0 Å². The van der Waals surface area contributed by atoms with E-state index in [4.69, 9.17) is 0 Å². The van der Waals surface area contributed by atoms with E-state index in [0.29, 0.717) is 0 Å². The second kappa shape index (κ2) is 8.69. The number of aromatic nitrogens is 2. The predicted molar refractivity (Wildman–Crippen MR) is 76.9 cm³/mol. The maximum atomic E-state index is 11.8. The van der Waals surface area contributed by atoms with Gasteiger partial charge >= 0.3 is 0 Å². The Morgan fingerprint density at radius 1 is 1.42 bits per heavy atom.